The summed E-state index contributed by atoms with van der Waals surface area (Å²) < 4.78 is 7.72. The molecule has 1 aromatic carbocycles. The molecule has 2 aromatic heterocycles. The number of nitrogens with zero attached hydrogens (tertiary/aromatic N) is 4. The van der Waals surface area contributed by atoms with Gasteiger partial charge in [0, 0.05) is 25.4 Å². The number of imidazole rings is 1. The van der Waals surface area contributed by atoms with Gasteiger partial charge in [0.05, 0.1) is 0 Å². The van der Waals surface area contributed by atoms with Crippen LogP contribution in [0.15, 0.2) is 47.1 Å². The van der Waals surface area contributed by atoms with Gasteiger partial charge in [0.15, 0.2) is 0 Å². The second-order valence-corrected chi connectivity index (χ2v) is 5.60. The average Bonchev–Trinajstić information content (AvgIpc) is 3.15. The molecule has 1 saturated carbocycles. The van der Waals surface area contributed by atoms with E-state index in [2.05, 4.69) is 32.6 Å². The molecule has 1 atom stereocenters. The van der Waals surface area contributed by atoms with Gasteiger partial charge in [-0.3, -0.25) is 0 Å². The molecule has 0 saturated heterocycles. The number of rotatable bonds is 5. The third-order valence-electron chi connectivity index (χ3n) is 3.88. The van der Waals surface area contributed by atoms with E-state index in [4.69, 9.17) is 4.42 Å². The maximum absolute atomic E-state index is 5.73. The lowest BCUT2D eigenvalue weighted by molar-refractivity contribution is 0.502. The first kappa shape index (κ1) is 13.1. The zero-order valence-corrected chi connectivity index (χ0v) is 12.3. The lowest BCUT2D eigenvalue weighted by atomic mass is 10.1. The minimum atomic E-state index is -0.131. The van der Waals surface area contributed by atoms with Gasteiger partial charge in [-0.15, -0.1) is 5.10 Å². The van der Waals surface area contributed by atoms with Crippen LogP contribution >= 0.6 is 0 Å². The number of nitrogens with one attached hydrogen (secondary N) is 1. The van der Waals surface area contributed by atoms with Crippen molar-refractivity contribution in [3.63, 3.8) is 0 Å². The molecule has 6 nitrogen and oxygen atoms in total. The summed E-state index contributed by atoms with van der Waals surface area (Å²) in [6.45, 7) is 0. The van der Waals surface area contributed by atoms with E-state index in [0.29, 0.717) is 11.9 Å². The fraction of sp³-hybridized carbons (Fsp3) is 0.312. The summed E-state index contributed by atoms with van der Waals surface area (Å²) in [5.74, 6) is 2.08. The Labute approximate surface area is 128 Å². The molecular weight excluding hydrogens is 278 g/mol. The van der Waals surface area contributed by atoms with E-state index in [9.17, 15) is 0 Å². The van der Waals surface area contributed by atoms with Crippen LogP contribution in [0.3, 0.4) is 0 Å². The number of hydrogen-bond donors (Lipinski definition) is 1. The predicted molar refractivity (Wildman–Crippen MR) is 81.4 cm³/mol. The van der Waals surface area contributed by atoms with Crippen LogP contribution in [0.25, 0.3) is 0 Å². The Morgan fingerprint density at radius 3 is 2.73 bits per heavy atom. The van der Waals surface area contributed by atoms with Gasteiger partial charge < -0.3 is 14.3 Å². The zero-order chi connectivity index (χ0) is 14.9. The Morgan fingerprint density at radius 1 is 1.23 bits per heavy atom. The molecule has 1 unspecified atom stereocenters. The monoisotopic (exact) mass is 295 g/mol. The smallest absolute Gasteiger partial charge is 0.316 e. The van der Waals surface area contributed by atoms with Gasteiger partial charge in [0.1, 0.15) is 11.9 Å². The molecular formula is C16H17N5O. The first-order chi connectivity index (χ1) is 10.8. The summed E-state index contributed by atoms with van der Waals surface area (Å²) in [5, 5.41) is 11.6. The number of aryl methyl sites for hydroxylation is 1. The van der Waals surface area contributed by atoms with E-state index in [-0.39, 0.29) is 6.04 Å². The standard InChI is InChI=1S/C16H17N5O/c1-21-10-9-17-14(21)13(11-5-3-2-4-6-11)18-16-20-19-15(22-16)12-7-8-12/h2-6,9-10,12-13H,7-8H2,1H3,(H,18,20). The Balaban J connectivity index is 1.66. The molecule has 1 aliphatic rings. The number of anilines is 1. The highest BCUT2D eigenvalue weighted by atomic mass is 16.4. The Morgan fingerprint density at radius 2 is 2.05 bits per heavy atom. The van der Waals surface area contributed by atoms with Gasteiger partial charge in [0.2, 0.25) is 5.89 Å². The fourth-order valence-corrected chi connectivity index (χ4v) is 2.51. The van der Waals surface area contributed by atoms with Crippen LogP contribution in [-0.2, 0) is 7.05 Å². The van der Waals surface area contributed by atoms with Gasteiger partial charge in [-0.2, -0.15) is 0 Å². The molecule has 0 bridgehead atoms. The Kier molecular flexibility index (Phi) is 3.14. The first-order valence-corrected chi connectivity index (χ1v) is 7.43. The molecule has 4 rings (SSSR count). The Hall–Kier alpha value is -2.63. The van der Waals surface area contributed by atoms with Crippen LogP contribution in [-0.4, -0.2) is 19.7 Å². The van der Waals surface area contributed by atoms with Crippen molar-refractivity contribution in [1.29, 1.82) is 0 Å². The minimum Gasteiger partial charge on any atom is -0.408 e. The molecule has 6 heteroatoms. The maximum atomic E-state index is 5.73. The van der Waals surface area contributed by atoms with Crippen LogP contribution in [0.5, 0.6) is 0 Å². The van der Waals surface area contributed by atoms with Crippen LogP contribution in [0, 0.1) is 0 Å². The second kappa shape index (κ2) is 5.29. The second-order valence-electron chi connectivity index (χ2n) is 5.60. The largest absolute Gasteiger partial charge is 0.408 e. The van der Waals surface area contributed by atoms with Crippen LogP contribution in [0.2, 0.25) is 0 Å². The summed E-state index contributed by atoms with van der Waals surface area (Å²) in [6, 6.07) is 10.5. The third kappa shape index (κ3) is 2.47. The molecule has 2 heterocycles. The van der Waals surface area contributed by atoms with Crippen molar-refractivity contribution in [2.45, 2.75) is 24.8 Å². The van der Waals surface area contributed by atoms with Gasteiger partial charge in [-0.1, -0.05) is 35.4 Å². The van der Waals surface area contributed by atoms with Crippen molar-refractivity contribution < 1.29 is 4.42 Å². The van der Waals surface area contributed by atoms with Crippen molar-refractivity contribution in [2.75, 3.05) is 5.32 Å². The fourth-order valence-electron chi connectivity index (χ4n) is 2.51. The first-order valence-electron chi connectivity index (χ1n) is 7.43. The molecule has 1 N–H and O–H groups in total. The predicted octanol–water partition coefficient (Wildman–Crippen LogP) is 2.88. The van der Waals surface area contributed by atoms with Crippen molar-refractivity contribution in [3.05, 3.63) is 60.0 Å². The highest BCUT2D eigenvalue weighted by Gasteiger charge is 2.30. The van der Waals surface area contributed by atoms with Gasteiger partial charge in [-0.05, 0) is 18.4 Å². The highest BCUT2D eigenvalue weighted by Crippen LogP contribution is 2.39. The normalized spacial score (nSPS) is 15.7. The van der Waals surface area contributed by atoms with Gasteiger partial charge >= 0.3 is 6.01 Å². The van der Waals surface area contributed by atoms with Gasteiger partial charge in [-0.25, -0.2) is 4.98 Å². The maximum Gasteiger partial charge on any atom is 0.316 e. The molecule has 112 valence electrons. The van der Waals surface area contributed by atoms with E-state index >= 15 is 0 Å². The van der Waals surface area contributed by atoms with Crippen LogP contribution in [0.4, 0.5) is 6.01 Å². The zero-order valence-electron chi connectivity index (χ0n) is 12.3. The number of aromatic nitrogens is 4. The topological polar surface area (TPSA) is 68.8 Å². The van der Waals surface area contributed by atoms with Crippen LogP contribution < -0.4 is 5.32 Å². The quantitative estimate of drug-likeness (QED) is 0.784. The third-order valence-corrected chi connectivity index (χ3v) is 3.88. The SMILES string of the molecule is Cn1ccnc1C(Nc1nnc(C2CC2)o1)c1ccccc1. The number of benzene rings is 1. The Bertz CT molecular complexity index is 760. The molecule has 0 radical (unpaired) electrons. The van der Waals surface area contributed by atoms with Crippen LogP contribution in [0.1, 0.15) is 42.1 Å². The molecule has 1 aliphatic carbocycles. The summed E-state index contributed by atoms with van der Waals surface area (Å²) in [4.78, 5) is 4.45. The summed E-state index contributed by atoms with van der Waals surface area (Å²) in [5.41, 5.74) is 1.10. The highest BCUT2D eigenvalue weighted by molar-refractivity contribution is 5.35. The summed E-state index contributed by atoms with van der Waals surface area (Å²) in [7, 11) is 1.98. The number of hydrogen-bond acceptors (Lipinski definition) is 5. The van der Waals surface area contributed by atoms with Crippen molar-refractivity contribution in [2.24, 2.45) is 7.05 Å². The van der Waals surface area contributed by atoms with Crippen molar-refractivity contribution >= 4 is 6.01 Å². The van der Waals surface area contributed by atoms with Gasteiger partial charge in [0.25, 0.3) is 0 Å². The lowest BCUT2D eigenvalue weighted by Gasteiger charge is -2.17. The summed E-state index contributed by atoms with van der Waals surface area (Å²) >= 11 is 0. The van der Waals surface area contributed by atoms with E-state index in [0.717, 1.165) is 30.1 Å². The lowest BCUT2D eigenvalue weighted by Crippen LogP contribution is -2.16. The average molecular weight is 295 g/mol. The molecule has 0 amide bonds. The minimum absolute atomic E-state index is 0.131. The molecule has 0 aliphatic heterocycles. The van der Waals surface area contributed by atoms with E-state index < -0.39 is 0 Å². The van der Waals surface area contributed by atoms with E-state index in [1.807, 2.05) is 36.0 Å². The van der Waals surface area contributed by atoms with E-state index in [1.165, 1.54) is 0 Å². The molecule has 22 heavy (non-hydrogen) atoms. The molecule has 0 spiro atoms. The van der Waals surface area contributed by atoms with Crippen molar-refractivity contribution in [1.82, 2.24) is 19.7 Å². The molecule has 1 fully saturated rings. The van der Waals surface area contributed by atoms with E-state index in [1.54, 1.807) is 6.20 Å². The summed E-state index contributed by atoms with van der Waals surface area (Å²) in [6.07, 6.45) is 6.00. The molecule has 3 aromatic rings. The van der Waals surface area contributed by atoms with Crippen molar-refractivity contribution in [3.8, 4) is 0 Å².